The number of fused-ring (bicyclic) bond motifs is 2. The van der Waals surface area contributed by atoms with Crippen LogP contribution in [0, 0.1) is 0 Å². The van der Waals surface area contributed by atoms with Crippen LogP contribution >= 0.6 is 15.9 Å². The highest BCUT2D eigenvalue weighted by Crippen LogP contribution is 2.20. The summed E-state index contributed by atoms with van der Waals surface area (Å²) in [6, 6.07) is 9.86. The van der Waals surface area contributed by atoms with E-state index in [1.165, 1.54) is 4.68 Å². The third-order valence-electron chi connectivity index (χ3n) is 5.23. The fraction of sp³-hybridized carbons (Fsp3) is 0.381. The summed E-state index contributed by atoms with van der Waals surface area (Å²) in [7, 11) is 0. The van der Waals surface area contributed by atoms with Gasteiger partial charge in [0.2, 0.25) is 5.91 Å². The van der Waals surface area contributed by atoms with Gasteiger partial charge in [0.25, 0.3) is 5.56 Å². The molecule has 1 aliphatic rings. The fourth-order valence-electron chi connectivity index (χ4n) is 3.75. The Balaban J connectivity index is 1.37. The summed E-state index contributed by atoms with van der Waals surface area (Å²) in [5, 5.41) is 8.51. The second-order valence-electron chi connectivity index (χ2n) is 7.24. The Morgan fingerprint density at radius 3 is 2.89 bits per heavy atom. The van der Waals surface area contributed by atoms with Crippen LogP contribution in [-0.4, -0.2) is 26.8 Å². The molecule has 0 spiro atoms. The fourth-order valence-corrected chi connectivity index (χ4v) is 4.10. The highest BCUT2D eigenvalue weighted by molar-refractivity contribution is 9.10. The van der Waals surface area contributed by atoms with Crippen LogP contribution in [0.1, 0.15) is 30.5 Å². The van der Waals surface area contributed by atoms with E-state index in [1.54, 1.807) is 6.07 Å². The molecular formula is C21H23BrN4O2. The molecule has 1 aliphatic carbocycles. The van der Waals surface area contributed by atoms with Crippen LogP contribution in [0.15, 0.2) is 45.8 Å². The predicted molar refractivity (Wildman–Crippen MR) is 112 cm³/mol. The molecule has 0 fully saturated rings. The monoisotopic (exact) mass is 442 g/mol. The van der Waals surface area contributed by atoms with Crippen molar-refractivity contribution in [3.63, 3.8) is 0 Å². The first kappa shape index (κ1) is 18.9. The number of halogens is 1. The summed E-state index contributed by atoms with van der Waals surface area (Å²) in [6.45, 7) is 1.12. The van der Waals surface area contributed by atoms with E-state index in [4.69, 9.17) is 0 Å². The Kier molecular flexibility index (Phi) is 5.62. The average Bonchev–Trinajstić information content (AvgIpc) is 2.92. The molecule has 6 nitrogen and oxygen atoms in total. The van der Waals surface area contributed by atoms with Gasteiger partial charge in [0, 0.05) is 35.3 Å². The van der Waals surface area contributed by atoms with Gasteiger partial charge in [-0.05, 0) is 54.8 Å². The maximum atomic E-state index is 12.3. The molecule has 2 aromatic heterocycles. The number of carbonyl (C=O) groups excluding carboxylic acids is 1. The normalized spacial score (nSPS) is 13.9. The zero-order valence-electron chi connectivity index (χ0n) is 15.7. The number of carbonyl (C=O) groups is 1. The number of benzene rings is 1. The summed E-state index contributed by atoms with van der Waals surface area (Å²) in [4.78, 5) is 24.6. The number of hydrogen-bond donors (Lipinski definition) is 1. The van der Waals surface area contributed by atoms with Crippen molar-refractivity contribution in [3.05, 3.63) is 62.6 Å². The lowest BCUT2D eigenvalue weighted by atomic mass is 10.1. The molecule has 1 aromatic carbocycles. The number of nitrogens with zero attached hydrogens (tertiary/aromatic N) is 3. The summed E-state index contributed by atoms with van der Waals surface area (Å²) in [6.07, 6.45) is 7.16. The van der Waals surface area contributed by atoms with Gasteiger partial charge in [-0.2, -0.15) is 5.10 Å². The number of amides is 1. The lowest BCUT2D eigenvalue weighted by Crippen LogP contribution is -2.35. The van der Waals surface area contributed by atoms with Gasteiger partial charge < -0.3 is 9.88 Å². The van der Waals surface area contributed by atoms with Crippen molar-refractivity contribution in [1.82, 2.24) is 19.7 Å². The van der Waals surface area contributed by atoms with E-state index in [-0.39, 0.29) is 18.0 Å². The Morgan fingerprint density at radius 1 is 1.14 bits per heavy atom. The van der Waals surface area contributed by atoms with E-state index in [2.05, 4.69) is 49.1 Å². The van der Waals surface area contributed by atoms with Crippen LogP contribution in [0.25, 0.3) is 10.9 Å². The standard InChI is InChI=1S/C21H23BrN4O2/c22-17-7-6-15-8-10-25(19(15)13-17)11-9-23-20(27)14-26-21(28)12-16-4-2-1-3-5-18(16)24-26/h6-8,10,12-13H,1-5,9,11,14H2,(H,23,27). The van der Waals surface area contributed by atoms with Crippen molar-refractivity contribution >= 4 is 32.7 Å². The number of rotatable bonds is 5. The lowest BCUT2D eigenvalue weighted by Gasteiger charge is -2.11. The van der Waals surface area contributed by atoms with Gasteiger partial charge >= 0.3 is 0 Å². The van der Waals surface area contributed by atoms with E-state index < -0.39 is 0 Å². The molecule has 0 saturated carbocycles. The topological polar surface area (TPSA) is 68.9 Å². The van der Waals surface area contributed by atoms with Crippen LogP contribution < -0.4 is 10.9 Å². The molecule has 2 heterocycles. The maximum Gasteiger partial charge on any atom is 0.267 e. The number of aromatic nitrogens is 3. The quantitative estimate of drug-likeness (QED) is 0.617. The molecular weight excluding hydrogens is 420 g/mol. The highest BCUT2D eigenvalue weighted by atomic mass is 79.9. The Labute approximate surface area is 171 Å². The molecule has 3 aromatic rings. The van der Waals surface area contributed by atoms with Crippen molar-refractivity contribution in [2.45, 2.75) is 45.2 Å². The summed E-state index contributed by atoms with van der Waals surface area (Å²) in [5.41, 5.74) is 2.93. The molecule has 1 amide bonds. The molecule has 7 heteroatoms. The summed E-state index contributed by atoms with van der Waals surface area (Å²) in [5.74, 6) is -0.194. The molecule has 0 radical (unpaired) electrons. The number of nitrogens with one attached hydrogen (secondary N) is 1. The average molecular weight is 443 g/mol. The van der Waals surface area contributed by atoms with Crippen molar-refractivity contribution in [3.8, 4) is 0 Å². The first-order valence-corrected chi connectivity index (χ1v) is 10.5. The zero-order chi connectivity index (χ0) is 19.5. The van der Waals surface area contributed by atoms with Crippen LogP contribution in [-0.2, 0) is 30.7 Å². The second-order valence-corrected chi connectivity index (χ2v) is 8.15. The molecule has 0 aliphatic heterocycles. The Bertz CT molecular complexity index is 1070. The van der Waals surface area contributed by atoms with E-state index in [0.717, 1.165) is 58.7 Å². The third-order valence-corrected chi connectivity index (χ3v) is 5.72. The van der Waals surface area contributed by atoms with Crippen LogP contribution in [0.4, 0.5) is 0 Å². The van der Waals surface area contributed by atoms with Gasteiger partial charge in [0.05, 0.1) is 5.69 Å². The minimum atomic E-state index is -0.197. The zero-order valence-corrected chi connectivity index (χ0v) is 17.2. The first-order chi connectivity index (χ1) is 13.6. The van der Waals surface area contributed by atoms with E-state index in [1.807, 2.05) is 12.3 Å². The van der Waals surface area contributed by atoms with Crippen LogP contribution in [0.2, 0.25) is 0 Å². The maximum absolute atomic E-state index is 12.3. The largest absolute Gasteiger partial charge is 0.353 e. The number of hydrogen-bond acceptors (Lipinski definition) is 3. The molecule has 4 rings (SSSR count). The van der Waals surface area contributed by atoms with Gasteiger partial charge in [-0.3, -0.25) is 9.59 Å². The molecule has 1 N–H and O–H groups in total. The second kappa shape index (κ2) is 8.31. The smallest absolute Gasteiger partial charge is 0.267 e. The highest BCUT2D eigenvalue weighted by Gasteiger charge is 2.14. The summed E-state index contributed by atoms with van der Waals surface area (Å²) >= 11 is 3.50. The van der Waals surface area contributed by atoms with Crippen molar-refractivity contribution in [2.75, 3.05) is 6.54 Å². The number of aryl methyl sites for hydroxylation is 2. The Hall–Kier alpha value is -2.41. The van der Waals surface area contributed by atoms with Crippen LogP contribution in [0.3, 0.4) is 0 Å². The SMILES string of the molecule is O=C(Cn1nc2c(cc1=O)CCCCC2)NCCn1ccc2ccc(Br)cc21. The minimum absolute atomic E-state index is 0.0376. The van der Waals surface area contributed by atoms with Crippen molar-refractivity contribution in [1.29, 1.82) is 0 Å². The summed E-state index contributed by atoms with van der Waals surface area (Å²) < 4.78 is 4.42. The van der Waals surface area contributed by atoms with Gasteiger partial charge in [0.15, 0.2) is 0 Å². The van der Waals surface area contributed by atoms with Gasteiger partial charge in [-0.25, -0.2) is 4.68 Å². The van der Waals surface area contributed by atoms with Gasteiger partial charge in [-0.15, -0.1) is 0 Å². The molecule has 28 heavy (non-hydrogen) atoms. The van der Waals surface area contributed by atoms with E-state index in [0.29, 0.717) is 13.1 Å². The Morgan fingerprint density at radius 2 is 2.00 bits per heavy atom. The molecule has 0 unspecified atom stereocenters. The molecule has 146 valence electrons. The van der Waals surface area contributed by atoms with Gasteiger partial charge in [-0.1, -0.05) is 28.4 Å². The van der Waals surface area contributed by atoms with Crippen molar-refractivity contribution < 1.29 is 4.79 Å². The third kappa shape index (κ3) is 4.19. The van der Waals surface area contributed by atoms with Crippen LogP contribution in [0.5, 0.6) is 0 Å². The van der Waals surface area contributed by atoms with Gasteiger partial charge in [0.1, 0.15) is 6.54 Å². The lowest BCUT2D eigenvalue weighted by molar-refractivity contribution is -0.121. The molecule has 0 saturated heterocycles. The minimum Gasteiger partial charge on any atom is -0.353 e. The van der Waals surface area contributed by atoms with E-state index >= 15 is 0 Å². The predicted octanol–water partition coefficient (Wildman–Crippen LogP) is 3.05. The first-order valence-electron chi connectivity index (χ1n) is 9.71. The van der Waals surface area contributed by atoms with E-state index in [9.17, 15) is 9.59 Å². The molecule has 0 bridgehead atoms. The molecule has 0 atom stereocenters. The van der Waals surface area contributed by atoms with Crippen molar-refractivity contribution in [2.24, 2.45) is 0 Å².